The Hall–Kier alpha value is -2.80. The van der Waals surface area contributed by atoms with Crippen LogP contribution in [0.3, 0.4) is 0 Å². The zero-order valence-corrected chi connectivity index (χ0v) is 14.2. The molecule has 3 aromatic rings. The summed E-state index contributed by atoms with van der Waals surface area (Å²) in [4.78, 5) is 23.5. The molecule has 1 saturated heterocycles. The number of hydrogen-bond donors (Lipinski definition) is 2. The summed E-state index contributed by atoms with van der Waals surface area (Å²) >= 11 is 0. The number of nitrogens with zero attached hydrogens (tertiary/aromatic N) is 5. The Balaban J connectivity index is 1.56. The molecule has 3 aromatic heterocycles. The van der Waals surface area contributed by atoms with E-state index in [0.717, 1.165) is 54.9 Å². The van der Waals surface area contributed by atoms with Gasteiger partial charge in [-0.2, -0.15) is 0 Å². The van der Waals surface area contributed by atoms with Gasteiger partial charge in [-0.25, -0.2) is 19.9 Å². The molecule has 25 heavy (non-hydrogen) atoms. The molecule has 0 radical (unpaired) electrons. The number of anilines is 2. The number of hydrogen-bond acceptors (Lipinski definition) is 6. The average molecular weight is 335 g/mol. The summed E-state index contributed by atoms with van der Waals surface area (Å²) in [6, 6.07) is 8.10. The van der Waals surface area contributed by atoms with E-state index in [0.29, 0.717) is 0 Å². The van der Waals surface area contributed by atoms with Crippen molar-refractivity contribution in [1.82, 2.24) is 29.8 Å². The van der Waals surface area contributed by atoms with Crippen molar-refractivity contribution in [3.8, 4) is 0 Å². The molecule has 4 heterocycles. The molecule has 1 fully saturated rings. The minimum Gasteiger partial charge on any atom is -0.348 e. The predicted molar refractivity (Wildman–Crippen MR) is 95.3 cm³/mol. The first-order valence-corrected chi connectivity index (χ1v) is 8.54. The van der Waals surface area contributed by atoms with Gasteiger partial charge in [0.1, 0.15) is 23.3 Å². The number of aryl methyl sites for hydroxylation is 1. The van der Waals surface area contributed by atoms with Crippen LogP contribution in [0, 0.1) is 6.92 Å². The van der Waals surface area contributed by atoms with E-state index in [1.165, 1.54) is 0 Å². The molecule has 7 heteroatoms. The number of likely N-dealkylation sites (tertiary alicyclic amines) is 1. The van der Waals surface area contributed by atoms with E-state index in [2.05, 4.69) is 30.2 Å². The van der Waals surface area contributed by atoms with E-state index in [9.17, 15) is 0 Å². The third-order valence-electron chi connectivity index (χ3n) is 4.39. The summed E-state index contributed by atoms with van der Waals surface area (Å²) in [5.74, 6) is 3.32. The Morgan fingerprint density at radius 1 is 1.20 bits per heavy atom. The van der Waals surface area contributed by atoms with E-state index < -0.39 is 0 Å². The topological polar surface area (TPSA) is 82.6 Å². The van der Waals surface area contributed by atoms with Gasteiger partial charge in [0.2, 0.25) is 0 Å². The largest absolute Gasteiger partial charge is 0.348 e. The van der Waals surface area contributed by atoms with Gasteiger partial charge in [-0.05, 0) is 38.4 Å². The fourth-order valence-corrected chi connectivity index (χ4v) is 3.32. The first-order chi connectivity index (χ1) is 12.3. The van der Waals surface area contributed by atoms with Gasteiger partial charge < -0.3 is 10.3 Å². The van der Waals surface area contributed by atoms with Crippen LogP contribution in [0.15, 0.2) is 42.9 Å². The summed E-state index contributed by atoms with van der Waals surface area (Å²) in [7, 11) is 0. The van der Waals surface area contributed by atoms with Gasteiger partial charge in [0.15, 0.2) is 0 Å². The maximum Gasteiger partial charge on any atom is 0.135 e. The van der Waals surface area contributed by atoms with Crippen molar-refractivity contribution in [3.05, 3.63) is 60.2 Å². The molecule has 7 nitrogen and oxygen atoms in total. The quantitative estimate of drug-likeness (QED) is 0.746. The second-order valence-corrected chi connectivity index (χ2v) is 6.23. The minimum atomic E-state index is 0.288. The van der Waals surface area contributed by atoms with Gasteiger partial charge in [0.05, 0.1) is 18.3 Å². The molecule has 4 rings (SSSR count). The molecule has 128 valence electrons. The summed E-state index contributed by atoms with van der Waals surface area (Å²) in [6.45, 7) is 3.79. The van der Waals surface area contributed by atoms with Crippen molar-refractivity contribution < 1.29 is 0 Å². The number of aromatic nitrogens is 5. The van der Waals surface area contributed by atoms with Crippen LogP contribution >= 0.6 is 0 Å². The molecule has 0 spiro atoms. The van der Waals surface area contributed by atoms with Crippen LogP contribution in [0.5, 0.6) is 0 Å². The Bertz CT molecular complexity index is 817. The number of aromatic amines is 1. The number of pyridine rings is 1. The van der Waals surface area contributed by atoms with Crippen molar-refractivity contribution in [2.45, 2.75) is 32.4 Å². The third kappa shape index (κ3) is 3.66. The maximum atomic E-state index is 4.69. The highest BCUT2D eigenvalue weighted by molar-refractivity contribution is 5.51. The Morgan fingerprint density at radius 2 is 2.16 bits per heavy atom. The molecule has 0 aliphatic carbocycles. The number of imidazole rings is 1. The molecule has 1 aliphatic rings. The molecular weight excluding hydrogens is 314 g/mol. The minimum absolute atomic E-state index is 0.288. The lowest BCUT2D eigenvalue weighted by atomic mass is 10.1. The summed E-state index contributed by atoms with van der Waals surface area (Å²) < 4.78 is 0. The normalized spacial score (nSPS) is 17.7. The van der Waals surface area contributed by atoms with Gasteiger partial charge >= 0.3 is 0 Å². The van der Waals surface area contributed by atoms with Crippen LogP contribution in [-0.4, -0.2) is 36.4 Å². The Kier molecular flexibility index (Phi) is 4.39. The zero-order chi connectivity index (χ0) is 17.1. The highest BCUT2D eigenvalue weighted by atomic mass is 15.2. The van der Waals surface area contributed by atoms with Gasteiger partial charge in [-0.3, -0.25) is 4.90 Å². The van der Waals surface area contributed by atoms with Crippen LogP contribution < -0.4 is 5.32 Å². The van der Waals surface area contributed by atoms with Crippen molar-refractivity contribution in [1.29, 1.82) is 0 Å². The smallest absolute Gasteiger partial charge is 0.135 e. The van der Waals surface area contributed by atoms with Crippen molar-refractivity contribution in [2.75, 3.05) is 11.9 Å². The van der Waals surface area contributed by atoms with Crippen LogP contribution in [-0.2, 0) is 6.54 Å². The molecule has 1 atom stereocenters. The average Bonchev–Trinajstić information content (AvgIpc) is 3.27. The molecule has 1 aliphatic heterocycles. The van der Waals surface area contributed by atoms with Crippen LogP contribution in [0.25, 0.3) is 0 Å². The number of nitrogens with one attached hydrogen (secondary N) is 2. The predicted octanol–water partition coefficient (Wildman–Crippen LogP) is 2.98. The van der Waals surface area contributed by atoms with E-state index in [1.807, 2.05) is 37.4 Å². The molecule has 0 bridgehead atoms. The third-order valence-corrected chi connectivity index (χ3v) is 4.39. The van der Waals surface area contributed by atoms with E-state index >= 15 is 0 Å². The molecule has 0 amide bonds. The van der Waals surface area contributed by atoms with Gasteiger partial charge in [0.25, 0.3) is 0 Å². The monoisotopic (exact) mass is 335 g/mol. The van der Waals surface area contributed by atoms with Crippen molar-refractivity contribution in [3.63, 3.8) is 0 Å². The summed E-state index contributed by atoms with van der Waals surface area (Å²) in [5.41, 5.74) is 1.05. The lowest BCUT2D eigenvalue weighted by Crippen LogP contribution is -2.24. The Morgan fingerprint density at radius 3 is 2.96 bits per heavy atom. The SMILES string of the molecule is Cc1nc(Nc2ccccn2)cc([C@H]2CCCN2Cc2ncc[nH]2)n1. The maximum absolute atomic E-state index is 4.69. The molecule has 0 saturated carbocycles. The van der Waals surface area contributed by atoms with E-state index in [-0.39, 0.29) is 6.04 Å². The second kappa shape index (κ2) is 6.98. The molecule has 0 aromatic carbocycles. The molecular formula is C18H21N7. The van der Waals surface area contributed by atoms with Crippen LogP contribution in [0.1, 0.15) is 36.2 Å². The summed E-state index contributed by atoms with van der Waals surface area (Å²) in [5, 5.41) is 3.27. The standard InChI is InChI=1S/C18H21N7/c1-13-22-14(11-17(23-13)24-16-6-2-3-7-19-16)15-5-4-10-25(15)12-18-20-8-9-21-18/h2-3,6-9,11,15H,4-5,10,12H2,1H3,(H,20,21)(H,19,22,23,24)/t15-/m1/s1. The van der Waals surface area contributed by atoms with E-state index in [1.54, 1.807) is 12.4 Å². The molecule has 0 unspecified atom stereocenters. The first kappa shape index (κ1) is 15.7. The van der Waals surface area contributed by atoms with Gasteiger partial charge in [-0.1, -0.05) is 6.07 Å². The fourth-order valence-electron chi connectivity index (χ4n) is 3.32. The van der Waals surface area contributed by atoms with Gasteiger partial charge in [0, 0.05) is 24.7 Å². The highest BCUT2D eigenvalue weighted by Crippen LogP contribution is 2.32. The second-order valence-electron chi connectivity index (χ2n) is 6.23. The highest BCUT2D eigenvalue weighted by Gasteiger charge is 2.28. The van der Waals surface area contributed by atoms with Crippen molar-refractivity contribution in [2.24, 2.45) is 0 Å². The fraction of sp³-hybridized carbons (Fsp3) is 0.333. The van der Waals surface area contributed by atoms with E-state index in [4.69, 9.17) is 4.98 Å². The number of rotatable bonds is 5. The van der Waals surface area contributed by atoms with Crippen LogP contribution in [0.2, 0.25) is 0 Å². The lowest BCUT2D eigenvalue weighted by molar-refractivity contribution is 0.238. The first-order valence-electron chi connectivity index (χ1n) is 8.54. The van der Waals surface area contributed by atoms with Crippen LogP contribution in [0.4, 0.5) is 11.6 Å². The summed E-state index contributed by atoms with van der Waals surface area (Å²) in [6.07, 6.45) is 7.69. The zero-order valence-electron chi connectivity index (χ0n) is 14.2. The molecule has 2 N–H and O–H groups in total. The lowest BCUT2D eigenvalue weighted by Gasteiger charge is -2.23. The Labute approximate surface area is 146 Å². The van der Waals surface area contributed by atoms with Crippen molar-refractivity contribution >= 4 is 11.6 Å². The number of H-pyrrole nitrogens is 1. The van der Waals surface area contributed by atoms with Gasteiger partial charge in [-0.15, -0.1) is 0 Å².